The average Bonchev–Trinajstić information content (AvgIpc) is 2.66. The van der Waals surface area contributed by atoms with Crippen LogP contribution in [0, 0.1) is 11.3 Å². The average molecular weight is 309 g/mol. The van der Waals surface area contributed by atoms with Crippen LogP contribution in [0.5, 0.6) is 5.75 Å². The number of fused-ring (bicyclic) bond motifs is 2. The summed E-state index contributed by atoms with van der Waals surface area (Å²) < 4.78 is 5.27. The van der Waals surface area contributed by atoms with Crippen molar-refractivity contribution in [2.24, 2.45) is 0 Å². The maximum Gasteiger partial charge on any atom is 0.118 e. The van der Waals surface area contributed by atoms with Crippen molar-refractivity contribution < 1.29 is 4.74 Å². The minimum absolute atomic E-state index is 0.735. The molecule has 0 N–H and O–H groups in total. The second-order valence-electron chi connectivity index (χ2n) is 5.68. The first kappa shape index (κ1) is 14.3. The van der Waals surface area contributed by atoms with Gasteiger partial charge in [0.15, 0.2) is 0 Å². The maximum absolute atomic E-state index is 9.70. The van der Waals surface area contributed by atoms with Gasteiger partial charge < -0.3 is 4.74 Å². The first-order chi connectivity index (χ1) is 11.8. The van der Waals surface area contributed by atoms with Gasteiger partial charge in [-0.15, -0.1) is 0 Å². The number of hydrogen-bond donors (Lipinski definition) is 0. The van der Waals surface area contributed by atoms with Crippen LogP contribution >= 0.6 is 0 Å². The molecule has 0 heterocycles. The Bertz CT molecular complexity index is 1030. The van der Waals surface area contributed by atoms with Crippen LogP contribution < -0.4 is 4.74 Å². The highest BCUT2D eigenvalue weighted by molar-refractivity contribution is 6.16. The molecule has 114 valence electrons. The van der Waals surface area contributed by atoms with Crippen molar-refractivity contribution in [1.82, 2.24) is 0 Å². The molecule has 0 unspecified atom stereocenters. The van der Waals surface area contributed by atoms with E-state index in [1.165, 1.54) is 0 Å². The van der Waals surface area contributed by atoms with Gasteiger partial charge in [0.1, 0.15) is 11.8 Å². The molecule has 4 rings (SSSR count). The smallest absolute Gasteiger partial charge is 0.118 e. The van der Waals surface area contributed by atoms with Crippen molar-refractivity contribution in [3.63, 3.8) is 0 Å². The largest absolute Gasteiger partial charge is 0.497 e. The van der Waals surface area contributed by atoms with Crippen LogP contribution in [0.15, 0.2) is 72.8 Å². The molecule has 0 amide bonds. The van der Waals surface area contributed by atoms with E-state index in [0.717, 1.165) is 44.0 Å². The van der Waals surface area contributed by atoms with Gasteiger partial charge in [0.05, 0.1) is 12.7 Å². The third-order valence-corrected chi connectivity index (χ3v) is 4.42. The Morgan fingerprint density at radius 1 is 0.708 bits per heavy atom. The molecule has 0 spiro atoms. The number of methoxy groups -OCH3 is 1. The zero-order chi connectivity index (χ0) is 16.5. The lowest BCUT2D eigenvalue weighted by atomic mass is 9.89. The third-order valence-electron chi connectivity index (χ3n) is 4.42. The van der Waals surface area contributed by atoms with Gasteiger partial charge in [0, 0.05) is 10.8 Å². The summed E-state index contributed by atoms with van der Waals surface area (Å²) >= 11 is 0. The fourth-order valence-corrected chi connectivity index (χ4v) is 3.32. The van der Waals surface area contributed by atoms with E-state index in [-0.39, 0.29) is 0 Å². The van der Waals surface area contributed by atoms with Crippen molar-refractivity contribution in [2.45, 2.75) is 0 Å². The van der Waals surface area contributed by atoms with Gasteiger partial charge in [-0.2, -0.15) is 5.26 Å². The molecular weight excluding hydrogens is 294 g/mol. The number of ether oxygens (including phenoxy) is 1. The SMILES string of the molecule is COc1ccc(-c2c3ccccc3c(C#N)c3ccccc23)cc1. The predicted molar refractivity (Wildman–Crippen MR) is 98.2 cm³/mol. The van der Waals surface area contributed by atoms with Crippen molar-refractivity contribution in [1.29, 1.82) is 5.26 Å². The Hall–Kier alpha value is -3.31. The zero-order valence-electron chi connectivity index (χ0n) is 13.3. The van der Waals surface area contributed by atoms with Crippen LogP contribution in [-0.2, 0) is 0 Å². The molecule has 0 radical (unpaired) electrons. The molecule has 2 heteroatoms. The van der Waals surface area contributed by atoms with Crippen molar-refractivity contribution in [3.05, 3.63) is 78.4 Å². The molecule has 2 nitrogen and oxygen atoms in total. The number of benzene rings is 4. The van der Waals surface area contributed by atoms with E-state index in [1.807, 2.05) is 48.5 Å². The van der Waals surface area contributed by atoms with Crippen LogP contribution in [0.25, 0.3) is 32.7 Å². The summed E-state index contributed by atoms with van der Waals surface area (Å²) in [6, 6.07) is 26.7. The predicted octanol–water partition coefficient (Wildman–Crippen LogP) is 5.54. The van der Waals surface area contributed by atoms with Crippen LogP contribution in [-0.4, -0.2) is 7.11 Å². The third kappa shape index (κ3) is 2.11. The summed E-state index contributed by atoms with van der Waals surface area (Å²) in [4.78, 5) is 0. The molecule has 4 aromatic carbocycles. The first-order valence-corrected chi connectivity index (χ1v) is 7.81. The topological polar surface area (TPSA) is 33.0 Å². The monoisotopic (exact) mass is 309 g/mol. The Labute approximate surface area is 140 Å². The Morgan fingerprint density at radius 3 is 1.67 bits per heavy atom. The van der Waals surface area contributed by atoms with Gasteiger partial charge in [-0.05, 0) is 34.0 Å². The Morgan fingerprint density at radius 2 is 1.21 bits per heavy atom. The molecule has 0 saturated carbocycles. The second kappa shape index (κ2) is 5.72. The number of rotatable bonds is 2. The van der Waals surface area contributed by atoms with E-state index in [2.05, 4.69) is 30.3 Å². The van der Waals surface area contributed by atoms with E-state index in [1.54, 1.807) is 7.11 Å². The lowest BCUT2D eigenvalue weighted by Gasteiger charge is -2.14. The molecule has 4 aromatic rings. The second-order valence-corrected chi connectivity index (χ2v) is 5.68. The standard InChI is InChI=1S/C22H15NO/c1-24-16-12-10-15(11-13-16)22-19-8-4-2-6-17(19)21(14-23)18-7-3-5-9-20(18)22/h2-13H,1H3. The lowest BCUT2D eigenvalue weighted by molar-refractivity contribution is 0.415. The Kier molecular flexibility index (Phi) is 3.40. The highest BCUT2D eigenvalue weighted by Gasteiger charge is 2.14. The van der Waals surface area contributed by atoms with E-state index >= 15 is 0 Å². The number of nitrogens with zero attached hydrogens (tertiary/aromatic N) is 1. The van der Waals surface area contributed by atoms with E-state index in [0.29, 0.717) is 0 Å². The van der Waals surface area contributed by atoms with Crippen molar-refractivity contribution in [2.75, 3.05) is 7.11 Å². The molecule has 0 aliphatic carbocycles. The molecule has 0 aromatic heterocycles. The fourth-order valence-electron chi connectivity index (χ4n) is 3.32. The minimum atomic E-state index is 0.735. The van der Waals surface area contributed by atoms with Crippen LogP contribution in [0.1, 0.15) is 5.56 Å². The number of nitriles is 1. The quantitative estimate of drug-likeness (QED) is 0.455. The summed E-state index contributed by atoms with van der Waals surface area (Å²) in [5.74, 6) is 0.834. The highest BCUT2D eigenvalue weighted by atomic mass is 16.5. The maximum atomic E-state index is 9.70. The van der Waals surface area contributed by atoms with Gasteiger partial charge in [0.25, 0.3) is 0 Å². The van der Waals surface area contributed by atoms with Crippen LogP contribution in [0.4, 0.5) is 0 Å². The minimum Gasteiger partial charge on any atom is -0.497 e. The highest BCUT2D eigenvalue weighted by Crippen LogP contribution is 2.39. The van der Waals surface area contributed by atoms with Gasteiger partial charge in [-0.1, -0.05) is 60.7 Å². The summed E-state index contributed by atoms with van der Waals surface area (Å²) in [5, 5.41) is 13.9. The molecule has 0 aliphatic heterocycles. The van der Waals surface area contributed by atoms with Crippen molar-refractivity contribution in [3.8, 4) is 22.9 Å². The molecule has 0 atom stereocenters. The molecule has 0 bridgehead atoms. The summed E-state index contributed by atoms with van der Waals surface area (Å²) in [5.41, 5.74) is 3.01. The summed E-state index contributed by atoms with van der Waals surface area (Å²) in [6.07, 6.45) is 0. The summed E-state index contributed by atoms with van der Waals surface area (Å²) in [6.45, 7) is 0. The van der Waals surface area contributed by atoms with E-state index < -0.39 is 0 Å². The first-order valence-electron chi connectivity index (χ1n) is 7.81. The van der Waals surface area contributed by atoms with Gasteiger partial charge >= 0.3 is 0 Å². The molecule has 0 fully saturated rings. The molecular formula is C22H15NO. The van der Waals surface area contributed by atoms with Crippen LogP contribution in [0.2, 0.25) is 0 Å². The summed E-state index contributed by atoms with van der Waals surface area (Å²) in [7, 11) is 1.67. The van der Waals surface area contributed by atoms with E-state index in [4.69, 9.17) is 4.74 Å². The van der Waals surface area contributed by atoms with Gasteiger partial charge in [-0.3, -0.25) is 0 Å². The van der Waals surface area contributed by atoms with Crippen molar-refractivity contribution >= 4 is 21.5 Å². The van der Waals surface area contributed by atoms with E-state index in [9.17, 15) is 5.26 Å². The normalized spacial score (nSPS) is 10.7. The van der Waals surface area contributed by atoms with Gasteiger partial charge in [-0.25, -0.2) is 0 Å². The number of hydrogen-bond acceptors (Lipinski definition) is 2. The molecule has 24 heavy (non-hydrogen) atoms. The zero-order valence-corrected chi connectivity index (χ0v) is 13.3. The van der Waals surface area contributed by atoms with Crippen LogP contribution in [0.3, 0.4) is 0 Å². The molecule has 0 aliphatic rings. The Balaban J connectivity index is 2.18. The van der Waals surface area contributed by atoms with Gasteiger partial charge in [0.2, 0.25) is 0 Å². The lowest BCUT2D eigenvalue weighted by Crippen LogP contribution is -1.90. The molecule has 0 saturated heterocycles. The fraction of sp³-hybridized carbons (Fsp3) is 0.0455.